The Hall–Kier alpha value is -0.840. The summed E-state index contributed by atoms with van der Waals surface area (Å²) in [5.74, 6) is -0.120. The van der Waals surface area contributed by atoms with E-state index in [0.717, 1.165) is 6.08 Å². The standard InChI is InChI=1S/C9H11ClF3NO/c1-5-7(15)3-6(4-14(5)2)8(10)9(11,12)13/h3-5,8,15H,1-2H3. The van der Waals surface area contributed by atoms with Gasteiger partial charge in [0.25, 0.3) is 0 Å². The molecule has 0 aromatic heterocycles. The second-order valence-electron chi connectivity index (χ2n) is 3.44. The number of hydrogen-bond donors (Lipinski definition) is 1. The first-order chi connectivity index (χ1) is 6.73. The van der Waals surface area contributed by atoms with Gasteiger partial charge < -0.3 is 10.0 Å². The number of aliphatic hydroxyl groups is 1. The molecule has 0 spiro atoms. The summed E-state index contributed by atoms with van der Waals surface area (Å²) >= 11 is 5.24. The maximum absolute atomic E-state index is 12.3. The van der Waals surface area contributed by atoms with Crippen LogP contribution in [0.15, 0.2) is 23.6 Å². The fourth-order valence-corrected chi connectivity index (χ4v) is 1.33. The largest absolute Gasteiger partial charge is 0.510 e. The van der Waals surface area contributed by atoms with E-state index < -0.39 is 11.6 Å². The molecular formula is C9H11ClF3NO. The molecule has 0 radical (unpaired) electrons. The highest BCUT2D eigenvalue weighted by Gasteiger charge is 2.41. The molecule has 0 amide bonds. The lowest BCUT2D eigenvalue weighted by atomic mass is 10.1. The maximum Gasteiger partial charge on any atom is 0.408 e. The zero-order valence-corrected chi connectivity index (χ0v) is 8.97. The van der Waals surface area contributed by atoms with Crippen molar-refractivity contribution in [2.75, 3.05) is 7.05 Å². The molecule has 0 aliphatic carbocycles. The molecule has 1 heterocycles. The van der Waals surface area contributed by atoms with Gasteiger partial charge in [-0.25, -0.2) is 0 Å². The van der Waals surface area contributed by atoms with Crippen LogP contribution in [0.5, 0.6) is 0 Å². The average molecular weight is 242 g/mol. The third-order valence-electron chi connectivity index (χ3n) is 2.29. The van der Waals surface area contributed by atoms with Crippen LogP contribution in [0.2, 0.25) is 0 Å². The first-order valence-electron chi connectivity index (χ1n) is 4.28. The predicted octanol–water partition coefficient (Wildman–Crippen LogP) is 2.82. The van der Waals surface area contributed by atoms with E-state index in [0.29, 0.717) is 0 Å². The second kappa shape index (κ2) is 3.96. The van der Waals surface area contributed by atoms with E-state index in [2.05, 4.69) is 0 Å². The van der Waals surface area contributed by atoms with Crippen molar-refractivity contribution < 1.29 is 18.3 Å². The van der Waals surface area contributed by atoms with Gasteiger partial charge in [0.05, 0.1) is 6.04 Å². The summed E-state index contributed by atoms with van der Waals surface area (Å²) in [5.41, 5.74) is -0.151. The summed E-state index contributed by atoms with van der Waals surface area (Å²) in [5, 5.41) is 7.30. The Labute approximate surface area is 90.6 Å². The number of likely N-dealkylation sites (N-methyl/N-ethyl adjacent to an activating group) is 1. The van der Waals surface area contributed by atoms with E-state index >= 15 is 0 Å². The van der Waals surface area contributed by atoms with Gasteiger partial charge in [-0.15, -0.1) is 11.6 Å². The van der Waals surface area contributed by atoms with Crippen molar-refractivity contribution in [2.24, 2.45) is 0 Å². The molecule has 0 fully saturated rings. The summed E-state index contributed by atoms with van der Waals surface area (Å²) < 4.78 is 36.8. The topological polar surface area (TPSA) is 23.5 Å². The predicted molar refractivity (Wildman–Crippen MR) is 51.7 cm³/mol. The Kier molecular flexibility index (Phi) is 3.23. The van der Waals surface area contributed by atoms with Gasteiger partial charge in [-0.05, 0) is 18.6 Å². The van der Waals surface area contributed by atoms with Crippen molar-refractivity contribution in [3.8, 4) is 0 Å². The number of alkyl halides is 4. The number of allylic oxidation sites excluding steroid dienone is 2. The van der Waals surface area contributed by atoms with Crippen molar-refractivity contribution in [3.63, 3.8) is 0 Å². The van der Waals surface area contributed by atoms with Crippen LogP contribution in [0.25, 0.3) is 0 Å². The molecule has 1 N–H and O–H groups in total. The van der Waals surface area contributed by atoms with E-state index in [4.69, 9.17) is 11.6 Å². The van der Waals surface area contributed by atoms with E-state index in [-0.39, 0.29) is 17.4 Å². The van der Waals surface area contributed by atoms with Crippen LogP contribution in [0, 0.1) is 0 Å². The molecule has 0 bridgehead atoms. The maximum atomic E-state index is 12.3. The minimum absolute atomic E-state index is 0.120. The number of aliphatic hydroxyl groups excluding tert-OH is 1. The summed E-state index contributed by atoms with van der Waals surface area (Å²) in [4.78, 5) is 1.48. The summed E-state index contributed by atoms with van der Waals surface area (Å²) in [6.07, 6.45) is -2.16. The van der Waals surface area contributed by atoms with Gasteiger partial charge in [-0.1, -0.05) is 0 Å². The highest BCUT2D eigenvalue weighted by atomic mass is 35.5. The third kappa shape index (κ3) is 2.59. The normalized spacial score (nSPS) is 24.7. The molecule has 1 rings (SSSR count). The van der Waals surface area contributed by atoms with Crippen LogP contribution in [-0.4, -0.2) is 34.6 Å². The molecule has 86 valence electrons. The number of halogens is 4. The Morgan fingerprint density at radius 2 is 2.07 bits per heavy atom. The monoisotopic (exact) mass is 241 g/mol. The number of rotatable bonds is 1. The van der Waals surface area contributed by atoms with Crippen molar-refractivity contribution in [3.05, 3.63) is 23.6 Å². The SMILES string of the molecule is CC1C(O)=CC(C(Cl)C(F)(F)F)=CN1C. The Morgan fingerprint density at radius 3 is 2.47 bits per heavy atom. The van der Waals surface area contributed by atoms with Crippen LogP contribution in [0.4, 0.5) is 13.2 Å². The first-order valence-corrected chi connectivity index (χ1v) is 4.72. The lowest BCUT2D eigenvalue weighted by Crippen LogP contribution is -2.33. The van der Waals surface area contributed by atoms with Gasteiger partial charge in [-0.3, -0.25) is 0 Å². The summed E-state index contributed by atoms with van der Waals surface area (Å²) in [7, 11) is 1.58. The van der Waals surface area contributed by atoms with Gasteiger partial charge in [-0.2, -0.15) is 13.2 Å². The van der Waals surface area contributed by atoms with Gasteiger partial charge in [0.15, 0.2) is 5.38 Å². The third-order valence-corrected chi connectivity index (χ3v) is 2.79. The average Bonchev–Trinajstić information content (AvgIpc) is 2.10. The molecule has 2 atom stereocenters. The molecule has 15 heavy (non-hydrogen) atoms. The second-order valence-corrected chi connectivity index (χ2v) is 3.88. The zero-order valence-electron chi connectivity index (χ0n) is 8.22. The highest BCUT2D eigenvalue weighted by Crippen LogP contribution is 2.33. The van der Waals surface area contributed by atoms with Crippen LogP contribution >= 0.6 is 11.6 Å². The van der Waals surface area contributed by atoms with Gasteiger partial charge in [0, 0.05) is 13.2 Å². The number of nitrogens with zero attached hydrogens (tertiary/aromatic N) is 1. The zero-order chi connectivity index (χ0) is 11.8. The number of hydrogen-bond acceptors (Lipinski definition) is 2. The van der Waals surface area contributed by atoms with Crippen LogP contribution in [0.3, 0.4) is 0 Å². The van der Waals surface area contributed by atoms with Crippen molar-refractivity contribution in [2.45, 2.75) is 24.5 Å². The lowest BCUT2D eigenvalue weighted by molar-refractivity contribution is -0.123. The molecular weight excluding hydrogens is 231 g/mol. The van der Waals surface area contributed by atoms with E-state index in [1.54, 1.807) is 14.0 Å². The van der Waals surface area contributed by atoms with E-state index in [9.17, 15) is 18.3 Å². The van der Waals surface area contributed by atoms with Crippen LogP contribution < -0.4 is 0 Å². The summed E-state index contributed by atoms with van der Waals surface area (Å²) in [6, 6.07) is -0.328. The Bertz CT molecular complexity index is 311. The van der Waals surface area contributed by atoms with Crippen LogP contribution in [-0.2, 0) is 0 Å². The molecule has 6 heteroatoms. The minimum atomic E-state index is -4.51. The van der Waals surface area contributed by atoms with Crippen LogP contribution in [0.1, 0.15) is 6.92 Å². The molecule has 1 aliphatic rings. The van der Waals surface area contributed by atoms with Gasteiger partial charge in [0.2, 0.25) is 0 Å². The smallest absolute Gasteiger partial charge is 0.408 e. The van der Waals surface area contributed by atoms with Crippen molar-refractivity contribution in [1.82, 2.24) is 4.90 Å². The summed E-state index contributed by atoms with van der Waals surface area (Å²) in [6.45, 7) is 1.68. The highest BCUT2D eigenvalue weighted by molar-refractivity contribution is 6.23. The minimum Gasteiger partial charge on any atom is -0.510 e. The quantitative estimate of drug-likeness (QED) is 0.714. The van der Waals surface area contributed by atoms with Crippen molar-refractivity contribution in [1.29, 1.82) is 0 Å². The molecule has 0 aromatic carbocycles. The molecule has 0 saturated carbocycles. The van der Waals surface area contributed by atoms with E-state index in [1.165, 1.54) is 11.1 Å². The Morgan fingerprint density at radius 1 is 1.53 bits per heavy atom. The molecule has 2 unspecified atom stereocenters. The molecule has 2 nitrogen and oxygen atoms in total. The Balaban J connectivity index is 2.94. The fraction of sp³-hybridized carbons (Fsp3) is 0.556. The fourth-order valence-electron chi connectivity index (χ4n) is 1.21. The molecule has 1 aliphatic heterocycles. The van der Waals surface area contributed by atoms with Gasteiger partial charge in [0.1, 0.15) is 5.76 Å². The van der Waals surface area contributed by atoms with E-state index in [1.807, 2.05) is 0 Å². The van der Waals surface area contributed by atoms with Gasteiger partial charge >= 0.3 is 6.18 Å². The first kappa shape index (κ1) is 12.2. The molecule has 0 saturated heterocycles. The van der Waals surface area contributed by atoms with Crippen molar-refractivity contribution >= 4 is 11.6 Å². The lowest BCUT2D eigenvalue weighted by Gasteiger charge is -2.29. The molecule has 0 aromatic rings.